The first-order valence-corrected chi connectivity index (χ1v) is 10.8. The highest BCUT2D eigenvalue weighted by molar-refractivity contribution is 7.49. The lowest BCUT2D eigenvalue weighted by Crippen LogP contribution is -2.29. The molecular formula is C18H32N5O3P. The largest absolute Gasteiger partial charge is 0.352 e. The van der Waals surface area contributed by atoms with Crippen LogP contribution in [0.2, 0.25) is 0 Å². The summed E-state index contributed by atoms with van der Waals surface area (Å²) in [6.45, 7) is 12.3. The number of hydrogen-bond acceptors (Lipinski definition) is 6. The Bertz CT molecular complexity index is 821. The molecule has 1 aliphatic rings. The minimum Gasteiger partial charge on any atom is -0.352 e. The van der Waals surface area contributed by atoms with Gasteiger partial charge in [0.1, 0.15) is 11.9 Å². The Labute approximate surface area is 162 Å². The topological polar surface area (TPSA) is 94.1 Å². The van der Waals surface area contributed by atoms with Crippen LogP contribution >= 0.6 is 8.30 Å². The Morgan fingerprint density at radius 2 is 2.19 bits per heavy atom. The number of fused-ring (bicyclic) bond motifs is 1. The molecule has 1 fully saturated rings. The fraction of sp³-hybridized carbons (Fsp3) is 0.722. The molecule has 0 bridgehead atoms. The third-order valence-electron chi connectivity index (χ3n) is 4.65. The van der Waals surface area contributed by atoms with Crippen molar-refractivity contribution in [3.8, 4) is 0 Å². The van der Waals surface area contributed by atoms with Crippen molar-refractivity contribution in [2.45, 2.75) is 72.9 Å². The van der Waals surface area contributed by atoms with E-state index in [4.69, 9.17) is 9.26 Å². The van der Waals surface area contributed by atoms with Gasteiger partial charge >= 0.3 is 0 Å². The van der Waals surface area contributed by atoms with Crippen molar-refractivity contribution in [2.24, 2.45) is 5.92 Å². The van der Waals surface area contributed by atoms with E-state index in [1.54, 1.807) is 13.3 Å². The van der Waals surface area contributed by atoms with Crippen LogP contribution in [-0.4, -0.2) is 44.4 Å². The number of H-pyrrole nitrogens is 1. The van der Waals surface area contributed by atoms with E-state index in [1.807, 2.05) is 4.57 Å². The van der Waals surface area contributed by atoms with Gasteiger partial charge in [-0.25, -0.2) is 9.97 Å². The molecule has 152 valence electrons. The molecule has 2 aromatic heterocycles. The molecule has 2 unspecified atom stereocenters. The van der Waals surface area contributed by atoms with Crippen LogP contribution in [0, 0.1) is 12.8 Å². The van der Waals surface area contributed by atoms with E-state index >= 15 is 0 Å². The number of hydrogen-bond donors (Lipinski definition) is 2. The number of ether oxygens (including phenoxy) is 1. The van der Waals surface area contributed by atoms with Crippen molar-refractivity contribution in [3.63, 3.8) is 0 Å². The second-order valence-electron chi connectivity index (χ2n) is 7.16. The highest BCUT2D eigenvalue weighted by atomic mass is 31.2. The fourth-order valence-corrected chi connectivity index (χ4v) is 4.94. The summed E-state index contributed by atoms with van der Waals surface area (Å²) in [5.74, 6) is 0.781. The Kier molecular flexibility index (Phi) is 7.14. The maximum Gasteiger partial charge on any atom is 0.279 e. The first kappa shape index (κ1) is 22.0. The van der Waals surface area contributed by atoms with E-state index in [0.29, 0.717) is 23.0 Å². The van der Waals surface area contributed by atoms with Crippen LogP contribution in [0.5, 0.6) is 0 Å². The molecule has 8 nitrogen and oxygen atoms in total. The molecule has 0 radical (unpaired) electrons. The average Bonchev–Trinajstić information content (AvgIpc) is 3.09. The van der Waals surface area contributed by atoms with Gasteiger partial charge in [0.25, 0.3) is 5.56 Å². The molecule has 2 N–H and O–H groups in total. The smallest absolute Gasteiger partial charge is 0.279 e. The zero-order valence-corrected chi connectivity index (χ0v) is 17.1. The van der Waals surface area contributed by atoms with Crippen LogP contribution in [0.25, 0.3) is 11.2 Å². The second-order valence-corrected chi connectivity index (χ2v) is 8.62. The van der Waals surface area contributed by atoms with Crippen LogP contribution in [0.4, 0.5) is 0 Å². The second kappa shape index (κ2) is 8.78. The normalized spacial score (nSPS) is 26.5. The van der Waals surface area contributed by atoms with E-state index in [1.165, 1.54) is 0 Å². The molecule has 9 heteroatoms. The molecule has 5 atom stereocenters. The fourth-order valence-electron chi connectivity index (χ4n) is 3.49. The van der Waals surface area contributed by atoms with E-state index < -0.39 is 8.30 Å². The molecule has 0 amide bonds. The maximum absolute atomic E-state index is 12.1. The Hall–Kier alpha value is -1.34. The molecule has 1 aliphatic heterocycles. The minimum absolute atomic E-state index is 0. The van der Waals surface area contributed by atoms with Crippen LogP contribution in [-0.2, 0) is 9.26 Å². The molecule has 0 saturated carbocycles. The van der Waals surface area contributed by atoms with E-state index in [9.17, 15) is 4.79 Å². The minimum atomic E-state index is -0.792. The summed E-state index contributed by atoms with van der Waals surface area (Å²) in [6, 6.07) is 0.348. The zero-order valence-electron chi connectivity index (χ0n) is 16.2. The lowest BCUT2D eigenvalue weighted by Gasteiger charge is -2.27. The molecule has 1 saturated heterocycles. The summed E-state index contributed by atoms with van der Waals surface area (Å²) < 4.78 is 14.5. The number of aromatic amines is 1. The summed E-state index contributed by atoms with van der Waals surface area (Å²) in [5.41, 5.74) is 0.622. The Morgan fingerprint density at radius 1 is 1.48 bits per heavy atom. The van der Waals surface area contributed by atoms with Crippen LogP contribution in [0.1, 0.15) is 53.6 Å². The lowest BCUT2D eigenvalue weighted by molar-refractivity contribution is -0.0275. The predicted molar refractivity (Wildman–Crippen MR) is 109 cm³/mol. The highest BCUT2D eigenvalue weighted by Crippen LogP contribution is 2.44. The Morgan fingerprint density at radius 3 is 2.81 bits per heavy atom. The molecule has 0 aliphatic carbocycles. The summed E-state index contributed by atoms with van der Waals surface area (Å²) >= 11 is 0. The number of rotatable bonds is 6. The average molecular weight is 397 g/mol. The number of nitrogens with one attached hydrogen (secondary N) is 2. The van der Waals surface area contributed by atoms with Crippen molar-refractivity contribution in [1.29, 1.82) is 0 Å². The molecule has 27 heavy (non-hydrogen) atoms. The highest BCUT2D eigenvalue weighted by Gasteiger charge is 2.44. The summed E-state index contributed by atoms with van der Waals surface area (Å²) in [6.07, 6.45) is 2.13. The summed E-state index contributed by atoms with van der Waals surface area (Å²) in [7, 11) is -0.792. The van der Waals surface area contributed by atoms with Gasteiger partial charge in [-0.15, -0.1) is 0 Å². The summed E-state index contributed by atoms with van der Waals surface area (Å²) in [5, 5.41) is 3.44. The monoisotopic (exact) mass is 397 g/mol. The molecule has 3 rings (SSSR count). The van der Waals surface area contributed by atoms with Crippen LogP contribution in [0.15, 0.2) is 11.1 Å². The molecular weight excluding hydrogens is 365 g/mol. The Balaban J connectivity index is 0.00000261. The third kappa shape index (κ3) is 4.40. The molecule has 0 aromatic carbocycles. The number of aromatic nitrogens is 4. The maximum atomic E-state index is 12.1. The molecule has 2 aromatic rings. The zero-order chi connectivity index (χ0) is 19.0. The van der Waals surface area contributed by atoms with Crippen molar-refractivity contribution in [1.82, 2.24) is 24.6 Å². The molecule has 3 heterocycles. The third-order valence-corrected chi connectivity index (χ3v) is 6.09. The predicted octanol–water partition coefficient (Wildman–Crippen LogP) is 3.33. The van der Waals surface area contributed by atoms with Crippen LogP contribution < -0.4 is 10.6 Å². The van der Waals surface area contributed by atoms with Gasteiger partial charge in [0.15, 0.2) is 17.4 Å². The van der Waals surface area contributed by atoms with Gasteiger partial charge in [-0.05, 0) is 33.9 Å². The van der Waals surface area contributed by atoms with E-state index in [-0.39, 0.29) is 37.3 Å². The van der Waals surface area contributed by atoms with Gasteiger partial charge < -0.3 is 14.2 Å². The molecule has 0 spiro atoms. The van der Waals surface area contributed by atoms with Gasteiger partial charge in [-0.1, -0.05) is 21.3 Å². The van der Waals surface area contributed by atoms with Crippen molar-refractivity contribution < 1.29 is 9.26 Å². The SMILES string of the molecule is C.CC[C@H]1O[C@@H](n2cnc3c(=O)[nH]c(C)nc32)C(OP(C)NC(C)C)[C@H]1C. The summed E-state index contributed by atoms with van der Waals surface area (Å²) in [4.78, 5) is 23.6. The van der Waals surface area contributed by atoms with Gasteiger partial charge in [0.05, 0.1) is 20.7 Å². The van der Waals surface area contributed by atoms with Gasteiger partial charge in [0.2, 0.25) is 0 Å². The number of imidazole rings is 1. The van der Waals surface area contributed by atoms with Crippen LogP contribution in [0.3, 0.4) is 0 Å². The van der Waals surface area contributed by atoms with Crippen molar-refractivity contribution in [2.75, 3.05) is 6.66 Å². The van der Waals surface area contributed by atoms with E-state index in [2.05, 4.69) is 54.4 Å². The standard InChI is InChI=1S/C17H28N5O3P.CH4/c1-7-12-10(4)14(25-26(6)21-9(2)3)17(24-12)22-8-18-13-15(22)19-11(5)20-16(13)23;/h8-10,12,14,17,21H,7H2,1-6H3,(H,19,20,23);1H4/t10-,12+,14?,17+,26?;/m0./s1. The lowest BCUT2D eigenvalue weighted by atomic mass is 9.99. The number of nitrogens with zero attached hydrogens (tertiary/aromatic N) is 3. The first-order valence-electron chi connectivity index (χ1n) is 9.07. The quantitative estimate of drug-likeness (QED) is 0.726. The van der Waals surface area contributed by atoms with Crippen molar-refractivity contribution in [3.05, 3.63) is 22.5 Å². The number of aryl methyl sites for hydroxylation is 1. The first-order chi connectivity index (χ1) is 12.3. The van der Waals surface area contributed by atoms with Gasteiger partial charge in [0, 0.05) is 12.0 Å². The van der Waals surface area contributed by atoms with Gasteiger partial charge in [-0.2, -0.15) is 0 Å². The van der Waals surface area contributed by atoms with Crippen molar-refractivity contribution >= 4 is 19.5 Å². The van der Waals surface area contributed by atoms with E-state index in [0.717, 1.165) is 6.42 Å². The van der Waals surface area contributed by atoms with Gasteiger partial charge in [-0.3, -0.25) is 14.4 Å².